The first kappa shape index (κ1) is 24.2. The van der Waals surface area contributed by atoms with Crippen molar-refractivity contribution in [3.63, 3.8) is 0 Å². The number of hydrogen-bond acceptors (Lipinski definition) is 6. The average Bonchev–Trinajstić information content (AvgIpc) is 3.08. The minimum absolute atomic E-state index is 0.203. The summed E-state index contributed by atoms with van der Waals surface area (Å²) in [6.45, 7) is 10.5. The molecule has 7 heteroatoms. The van der Waals surface area contributed by atoms with Crippen LogP contribution in [0.1, 0.15) is 43.7 Å². The maximum absolute atomic E-state index is 12.8. The molecule has 2 aromatic carbocycles. The highest BCUT2D eigenvalue weighted by Gasteiger charge is 2.22. The lowest BCUT2D eigenvalue weighted by Gasteiger charge is -2.11. The number of ether oxygens (including phenoxy) is 4. The first-order valence-corrected chi connectivity index (χ1v) is 11.2. The van der Waals surface area contributed by atoms with E-state index in [1.807, 2.05) is 62.6 Å². The molecule has 33 heavy (non-hydrogen) atoms. The van der Waals surface area contributed by atoms with Crippen molar-refractivity contribution in [2.45, 2.75) is 34.6 Å². The Morgan fingerprint density at radius 3 is 2.24 bits per heavy atom. The van der Waals surface area contributed by atoms with E-state index in [0.717, 1.165) is 22.6 Å². The summed E-state index contributed by atoms with van der Waals surface area (Å²) in [6, 6.07) is 13.1. The third kappa shape index (κ3) is 5.66. The summed E-state index contributed by atoms with van der Waals surface area (Å²) in [5.74, 6) is 0.665. The summed E-state index contributed by atoms with van der Waals surface area (Å²) in [5, 5.41) is 0.688. The normalized spacial score (nSPS) is 11.0. The van der Waals surface area contributed by atoms with E-state index < -0.39 is 11.9 Å². The van der Waals surface area contributed by atoms with Gasteiger partial charge in [-0.25, -0.2) is 9.59 Å². The molecular formula is C26H31NO6. The molecule has 0 aliphatic heterocycles. The van der Waals surface area contributed by atoms with E-state index in [4.69, 9.17) is 18.9 Å². The fraction of sp³-hybridized carbons (Fsp3) is 0.385. The van der Waals surface area contributed by atoms with Crippen molar-refractivity contribution >= 4 is 22.8 Å². The van der Waals surface area contributed by atoms with Gasteiger partial charge in [0.1, 0.15) is 11.5 Å². The van der Waals surface area contributed by atoms with Crippen LogP contribution in [0.5, 0.6) is 11.5 Å². The molecule has 0 spiro atoms. The molecule has 1 heterocycles. The average molecular weight is 454 g/mol. The zero-order chi connectivity index (χ0) is 24.0. The molecular weight excluding hydrogens is 422 g/mol. The molecule has 1 aromatic heterocycles. The minimum atomic E-state index is -0.433. The predicted octanol–water partition coefficient (Wildman–Crippen LogP) is 5.09. The Bertz CT molecular complexity index is 1110. The highest BCUT2D eigenvalue weighted by atomic mass is 16.6. The Hall–Kier alpha value is -3.48. The summed E-state index contributed by atoms with van der Waals surface area (Å²) in [4.78, 5) is 24.7. The minimum Gasteiger partial charge on any atom is -0.494 e. The van der Waals surface area contributed by atoms with Crippen molar-refractivity contribution in [2.24, 2.45) is 5.92 Å². The van der Waals surface area contributed by atoms with Crippen molar-refractivity contribution < 1.29 is 28.5 Å². The van der Waals surface area contributed by atoms with Crippen molar-refractivity contribution in [1.29, 1.82) is 0 Å². The van der Waals surface area contributed by atoms with Gasteiger partial charge >= 0.3 is 11.9 Å². The van der Waals surface area contributed by atoms with Gasteiger partial charge in [0.2, 0.25) is 0 Å². The van der Waals surface area contributed by atoms with Crippen molar-refractivity contribution in [2.75, 3.05) is 26.4 Å². The van der Waals surface area contributed by atoms with Crippen molar-refractivity contribution in [3.8, 4) is 17.2 Å². The first-order chi connectivity index (χ1) is 15.8. The molecule has 3 rings (SSSR count). The molecule has 0 radical (unpaired) electrons. The first-order valence-electron chi connectivity index (χ1n) is 11.2. The number of carbonyl (C=O) groups excluding carboxylic acids is 2. The van der Waals surface area contributed by atoms with Crippen LogP contribution in [-0.4, -0.2) is 42.9 Å². The fourth-order valence-corrected chi connectivity index (χ4v) is 3.58. The van der Waals surface area contributed by atoms with Crippen LogP contribution < -0.4 is 9.47 Å². The number of rotatable bonds is 10. The molecule has 0 aliphatic rings. The third-order valence-electron chi connectivity index (χ3n) is 5.00. The Morgan fingerprint density at radius 2 is 1.61 bits per heavy atom. The lowest BCUT2D eigenvalue weighted by Crippen LogP contribution is -2.17. The topological polar surface area (TPSA) is 76.0 Å². The number of carbonyl (C=O) groups is 2. The molecule has 0 unspecified atom stereocenters. The van der Waals surface area contributed by atoms with E-state index in [1.165, 1.54) is 0 Å². The maximum atomic E-state index is 12.8. The van der Waals surface area contributed by atoms with Gasteiger partial charge in [-0.1, -0.05) is 13.8 Å². The van der Waals surface area contributed by atoms with Crippen molar-refractivity contribution in [3.05, 3.63) is 53.7 Å². The Kier molecular flexibility index (Phi) is 7.98. The molecule has 0 amide bonds. The SMILES string of the molecule is CCOC(=O)c1c(C)n(-c2ccc(OCC)cc2)c2ccc(OCC(=O)OCC(C)C)cc12. The Morgan fingerprint density at radius 1 is 0.909 bits per heavy atom. The van der Waals surface area contributed by atoms with Crippen LogP contribution in [0, 0.1) is 12.8 Å². The van der Waals surface area contributed by atoms with Crippen LogP contribution in [0.2, 0.25) is 0 Å². The molecule has 0 atom stereocenters. The molecule has 0 saturated heterocycles. The van der Waals surface area contributed by atoms with Crippen LogP contribution >= 0.6 is 0 Å². The largest absolute Gasteiger partial charge is 0.494 e. The third-order valence-corrected chi connectivity index (χ3v) is 5.00. The predicted molar refractivity (Wildman–Crippen MR) is 126 cm³/mol. The van der Waals surface area contributed by atoms with Gasteiger partial charge in [-0.3, -0.25) is 0 Å². The number of fused-ring (bicyclic) bond motifs is 1. The number of nitrogens with zero attached hydrogens (tertiary/aromatic N) is 1. The maximum Gasteiger partial charge on any atom is 0.344 e. The van der Waals surface area contributed by atoms with Crippen LogP contribution in [0.4, 0.5) is 0 Å². The number of benzene rings is 2. The van der Waals surface area contributed by atoms with Gasteiger partial charge in [0.05, 0.1) is 30.9 Å². The van der Waals surface area contributed by atoms with Gasteiger partial charge in [-0.15, -0.1) is 0 Å². The zero-order valence-corrected chi connectivity index (χ0v) is 19.8. The highest BCUT2D eigenvalue weighted by Crippen LogP contribution is 2.33. The monoisotopic (exact) mass is 453 g/mol. The summed E-state index contributed by atoms with van der Waals surface area (Å²) in [6.07, 6.45) is 0. The molecule has 3 aromatic rings. The van der Waals surface area contributed by atoms with E-state index in [9.17, 15) is 9.59 Å². The zero-order valence-electron chi connectivity index (χ0n) is 19.8. The van der Waals surface area contributed by atoms with Gasteiger partial charge in [-0.2, -0.15) is 0 Å². The van der Waals surface area contributed by atoms with Crippen LogP contribution in [0.25, 0.3) is 16.6 Å². The summed E-state index contributed by atoms with van der Waals surface area (Å²) >= 11 is 0. The lowest BCUT2D eigenvalue weighted by molar-refractivity contribution is -0.147. The van der Waals surface area contributed by atoms with Crippen LogP contribution in [0.3, 0.4) is 0 Å². The second kappa shape index (κ2) is 10.9. The molecule has 0 bridgehead atoms. The smallest absolute Gasteiger partial charge is 0.344 e. The summed E-state index contributed by atoms with van der Waals surface area (Å²) < 4.78 is 23.7. The van der Waals surface area contributed by atoms with Gasteiger partial charge in [0.15, 0.2) is 6.61 Å². The summed E-state index contributed by atoms with van der Waals surface area (Å²) in [5.41, 5.74) is 2.94. The van der Waals surface area contributed by atoms with Crippen molar-refractivity contribution in [1.82, 2.24) is 4.57 Å². The second-order valence-corrected chi connectivity index (χ2v) is 7.99. The lowest BCUT2D eigenvalue weighted by atomic mass is 10.1. The second-order valence-electron chi connectivity index (χ2n) is 7.99. The van der Waals surface area contributed by atoms with Gasteiger partial charge in [-0.05, 0) is 69.2 Å². The van der Waals surface area contributed by atoms with Gasteiger partial charge in [0.25, 0.3) is 0 Å². The van der Waals surface area contributed by atoms with Crippen LogP contribution in [-0.2, 0) is 14.3 Å². The number of hydrogen-bond donors (Lipinski definition) is 0. The molecule has 0 fully saturated rings. The fourth-order valence-electron chi connectivity index (χ4n) is 3.58. The molecule has 0 aliphatic carbocycles. The quantitative estimate of drug-likeness (QED) is 0.398. The standard InChI is InChI=1S/C26H31NO6/c1-6-30-20-10-8-19(9-11-20)27-18(5)25(26(29)31-7-2)22-14-21(12-13-23(22)27)32-16-24(28)33-15-17(3)4/h8-14,17H,6-7,15-16H2,1-5H3. The molecule has 0 saturated carbocycles. The Balaban J connectivity index is 1.98. The van der Waals surface area contributed by atoms with E-state index >= 15 is 0 Å². The van der Waals surface area contributed by atoms with E-state index in [2.05, 4.69) is 0 Å². The molecule has 0 N–H and O–H groups in total. The number of aromatic nitrogens is 1. The molecule has 176 valence electrons. The van der Waals surface area contributed by atoms with E-state index in [1.54, 1.807) is 19.1 Å². The summed E-state index contributed by atoms with van der Waals surface area (Å²) in [7, 11) is 0. The van der Waals surface area contributed by atoms with E-state index in [0.29, 0.717) is 29.9 Å². The highest BCUT2D eigenvalue weighted by molar-refractivity contribution is 6.07. The number of esters is 2. The van der Waals surface area contributed by atoms with Crippen LogP contribution in [0.15, 0.2) is 42.5 Å². The molecule has 7 nitrogen and oxygen atoms in total. The van der Waals surface area contributed by atoms with Gasteiger partial charge < -0.3 is 23.5 Å². The van der Waals surface area contributed by atoms with Gasteiger partial charge in [0, 0.05) is 16.8 Å². The Labute approximate surface area is 194 Å². The van der Waals surface area contributed by atoms with E-state index in [-0.39, 0.29) is 19.1 Å².